The minimum atomic E-state index is -0.520. The van der Waals surface area contributed by atoms with Crippen LogP contribution in [0.1, 0.15) is 57.3 Å². The summed E-state index contributed by atoms with van der Waals surface area (Å²) in [5, 5.41) is 10.6. The molecule has 0 aromatic carbocycles. The molecule has 7 nitrogen and oxygen atoms in total. The largest absolute Gasteiger partial charge is 0.444 e. The van der Waals surface area contributed by atoms with E-state index in [2.05, 4.69) is 39.8 Å². The lowest BCUT2D eigenvalue weighted by atomic mass is 9.93. The fourth-order valence-electron chi connectivity index (χ4n) is 2.36. The Morgan fingerprint density at radius 1 is 1.26 bits per heavy atom. The molecule has 0 atom stereocenters. The van der Waals surface area contributed by atoms with Gasteiger partial charge in [0.2, 0.25) is 0 Å². The molecule has 1 rings (SSSR count). The number of aryl methyl sites for hydroxylation is 1. The smallest absolute Gasteiger partial charge is 0.408 e. The second-order valence-electron chi connectivity index (χ2n) is 7.26. The summed E-state index contributed by atoms with van der Waals surface area (Å²) >= 11 is 1.66. The average molecular weight is 511 g/mol. The highest BCUT2D eigenvalue weighted by atomic mass is 127. The Hall–Kier alpha value is -1.10. The summed E-state index contributed by atoms with van der Waals surface area (Å²) < 4.78 is 5.41. The highest BCUT2D eigenvalue weighted by molar-refractivity contribution is 14.0. The van der Waals surface area contributed by atoms with Crippen molar-refractivity contribution in [3.05, 3.63) is 16.1 Å². The van der Waals surface area contributed by atoms with Gasteiger partial charge in [-0.05, 0) is 40.5 Å². The van der Waals surface area contributed by atoms with Crippen molar-refractivity contribution >= 4 is 47.4 Å². The van der Waals surface area contributed by atoms with Gasteiger partial charge in [0.05, 0.1) is 12.1 Å². The maximum atomic E-state index is 12.2. The molecule has 9 heteroatoms. The zero-order valence-corrected chi connectivity index (χ0v) is 20.6. The molecule has 1 heterocycles. The number of carbonyl (C=O) groups is 1. The lowest BCUT2D eigenvalue weighted by molar-refractivity contribution is 0.0448. The summed E-state index contributed by atoms with van der Waals surface area (Å²) in [5.74, 6) is 0.676. The first kappa shape index (κ1) is 25.9. The quantitative estimate of drug-likeness (QED) is 0.295. The monoisotopic (exact) mass is 511 g/mol. The standard InChI is InChI=1S/C18H33N5O2S.HI/c1-8-18(9-2,23-16(24)25-17(4,5)6)12-22-15(19-7)21-11-14-20-10-13(3)26-14;/h10H,8-9,11-12H2,1-7H3,(H,23,24)(H2,19,21,22);1H. The number of nitrogens with one attached hydrogen (secondary N) is 3. The third-order valence-corrected chi connectivity index (χ3v) is 4.93. The number of aliphatic imine (C=N–C) groups is 1. The first-order chi connectivity index (χ1) is 12.1. The van der Waals surface area contributed by atoms with Crippen molar-refractivity contribution in [1.29, 1.82) is 0 Å². The fraction of sp³-hybridized carbons (Fsp3) is 0.722. The van der Waals surface area contributed by atoms with Gasteiger partial charge in [-0.1, -0.05) is 13.8 Å². The van der Waals surface area contributed by atoms with Crippen molar-refractivity contribution in [3.63, 3.8) is 0 Å². The maximum absolute atomic E-state index is 12.2. The van der Waals surface area contributed by atoms with E-state index in [1.54, 1.807) is 18.4 Å². The van der Waals surface area contributed by atoms with E-state index in [0.29, 0.717) is 19.0 Å². The molecule has 0 saturated heterocycles. The van der Waals surface area contributed by atoms with Crippen LogP contribution in [0.2, 0.25) is 0 Å². The minimum Gasteiger partial charge on any atom is -0.444 e. The molecule has 27 heavy (non-hydrogen) atoms. The van der Waals surface area contributed by atoms with Crippen molar-refractivity contribution in [2.24, 2.45) is 4.99 Å². The highest BCUT2D eigenvalue weighted by Gasteiger charge is 2.30. The molecular weight excluding hydrogens is 477 g/mol. The predicted octanol–water partition coefficient (Wildman–Crippen LogP) is 3.82. The Labute approximate surface area is 184 Å². The minimum absolute atomic E-state index is 0. The van der Waals surface area contributed by atoms with Crippen molar-refractivity contribution in [2.45, 2.75) is 72.1 Å². The topological polar surface area (TPSA) is 87.6 Å². The molecule has 156 valence electrons. The van der Waals surface area contributed by atoms with Crippen LogP contribution in [0.5, 0.6) is 0 Å². The Morgan fingerprint density at radius 3 is 2.33 bits per heavy atom. The number of alkyl carbamates (subject to hydrolysis) is 1. The number of halogens is 1. The van der Waals surface area contributed by atoms with Gasteiger partial charge in [0, 0.05) is 24.7 Å². The summed E-state index contributed by atoms with van der Waals surface area (Å²) in [7, 11) is 1.73. The van der Waals surface area contributed by atoms with Crippen molar-refractivity contribution in [3.8, 4) is 0 Å². The molecule has 0 saturated carbocycles. The molecule has 0 aliphatic heterocycles. The van der Waals surface area contributed by atoms with Crippen LogP contribution in [0.3, 0.4) is 0 Å². The van der Waals surface area contributed by atoms with Crippen LogP contribution in [0, 0.1) is 6.92 Å². The Bertz CT molecular complexity index is 609. The van der Waals surface area contributed by atoms with E-state index < -0.39 is 17.2 Å². The normalized spacial score (nSPS) is 12.2. The van der Waals surface area contributed by atoms with Gasteiger partial charge in [-0.15, -0.1) is 35.3 Å². The number of carbonyl (C=O) groups excluding carboxylic acids is 1. The van der Waals surface area contributed by atoms with Gasteiger partial charge in [0.25, 0.3) is 0 Å². The SMILES string of the molecule is CCC(CC)(CNC(=NC)NCc1ncc(C)s1)NC(=O)OC(C)(C)C.I. The number of guanidine groups is 1. The lowest BCUT2D eigenvalue weighted by Gasteiger charge is -2.34. The van der Waals surface area contributed by atoms with Crippen LogP contribution in [0.15, 0.2) is 11.2 Å². The van der Waals surface area contributed by atoms with Crippen LogP contribution < -0.4 is 16.0 Å². The zero-order chi connectivity index (χ0) is 19.8. The van der Waals surface area contributed by atoms with Crippen LogP contribution in [0.25, 0.3) is 0 Å². The van der Waals surface area contributed by atoms with Gasteiger partial charge in [0.15, 0.2) is 5.96 Å². The summed E-state index contributed by atoms with van der Waals surface area (Å²) in [6.45, 7) is 12.9. The van der Waals surface area contributed by atoms with Gasteiger partial charge >= 0.3 is 6.09 Å². The summed E-state index contributed by atoms with van der Waals surface area (Å²) in [6, 6.07) is 0. The molecular formula is C18H34IN5O2S. The van der Waals surface area contributed by atoms with Crippen LogP contribution in [-0.2, 0) is 11.3 Å². The number of hydrogen-bond acceptors (Lipinski definition) is 5. The number of rotatable bonds is 7. The first-order valence-electron chi connectivity index (χ1n) is 9.00. The van der Waals surface area contributed by atoms with E-state index in [0.717, 1.165) is 17.8 Å². The third-order valence-electron chi connectivity index (χ3n) is 4.01. The second-order valence-corrected chi connectivity index (χ2v) is 8.58. The Balaban J connectivity index is 0.00000676. The van der Waals surface area contributed by atoms with E-state index in [9.17, 15) is 4.79 Å². The number of aromatic nitrogens is 1. The van der Waals surface area contributed by atoms with Gasteiger partial charge in [-0.25, -0.2) is 9.78 Å². The van der Waals surface area contributed by atoms with Crippen molar-refractivity contribution < 1.29 is 9.53 Å². The van der Waals surface area contributed by atoms with E-state index in [-0.39, 0.29) is 24.0 Å². The van der Waals surface area contributed by atoms with Crippen LogP contribution in [-0.4, -0.2) is 41.8 Å². The molecule has 0 radical (unpaired) electrons. The molecule has 0 spiro atoms. The number of ether oxygens (including phenoxy) is 1. The Morgan fingerprint density at radius 2 is 1.89 bits per heavy atom. The zero-order valence-electron chi connectivity index (χ0n) is 17.4. The third kappa shape index (κ3) is 9.59. The van der Waals surface area contributed by atoms with Crippen LogP contribution >= 0.6 is 35.3 Å². The van der Waals surface area contributed by atoms with Crippen LogP contribution in [0.4, 0.5) is 4.79 Å². The number of thiazole rings is 1. The molecule has 3 N–H and O–H groups in total. The number of amides is 1. The van der Waals surface area contributed by atoms with Gasteiger partial charge in [0.1, 0.15) is 10.6 Å². The summed E-state index contributed by atoms with van der Waals surface area (Å²) in [5.41, 5.74) is -0.925. The van der Waals surface area contributed by atoms with E-state index in [1.165, 1.54) is 4.88 Å². The molecule has 1 aromatic heterocycles. The molecule has 0 unspecified atom stereocenters. The van der Waals surface area contributed by atoms with Crippen molar-refractivity contribution in [1.82, 2.24) is 20.9 Å². The van der Waals surface area contributed by atoms with E-state index in [4.69, 9.17) is 4.74 Å². The molecule has 1 aromatic rings. The van der Waals surface area contributed by atoms with E-state index >= 15 is 0 Å². The first-order valence-corrected chi connectivity index (χ1v) is 9.81. The van der Waals surface area contributed by atoms with Crippen molar-refractivity contribution in [2.75, 3.05) is 13.6 Å². The summed E-state index contributed by atoms with van der Waals surface area (Å²) in [6.07, 6.45) is 3.02. The number of nitrogens with zero attached hydrogens (tertiary/aromatic N) is 2. The average Bonchev–Trinajstić information content (AvgIpc) is 2.97. The summed E-state index contributed by atoms with van der Waals surface area (Å²) in [4.78, 5) is 22.0. The molecule has 1 amide bonds. The van der Waals surface area contributed by atoms with E-state index in [1.807, 2.05) is 33.9 Å². The van der Waals surface area contributed by atoms with Gasteiger partial charge in [-0.2, -0.15) is 0 Å². The number of hydrogen-bond donors (Lipinski definition) is 3. The Kier molecular flexibility index (Phi) is 11.2. The molecule has 0 fully saturated rings. The second kappa shape index (κ2) is 11.7. The fourth-order valence-corrected chi connectivity index (χ4v) is 3.08. The highest BCUT2D eigenvalue weighted by Crippen LogP contribution is 2.16. The molecule has 0 aliphatic rings. The maximum Gasteiger partial charge on any atom is 0.408 e. The van der Waals surface area contributed by atoms with Gasteiger partial charge < -0.3 is 20.7 Å². The molecule has 0 bridgehead atoms. The predicted molar refractivity (Wildman–Crippen MR) is 123 cm³/mol. The molecule has 0 aliphatic carbocycles. The van der Waals surface area contributed by atoms with Gasteiger partial charge in [-0.3, -0.25) is 4.99 Å². The lowest BCUT2D eigenvalue weighted by Crippen LogP contribution is -2.57.